The van der Waals surface area contributed by atoms with Crippen LogP contribution in [-0.4, -0.2) is 4.98 Å². The van der Waals surface area contributed by atoms with Crippen molar-refractivity contribution < 1.29 is 0 Å². The van der Waals surface area contributed by atoms with Crippen molar-refractivity contribution in [3.8, 4) is 6.07 Å². The highest BCUT2D eigenvalue weighted by molar-refractivity contribution is 5.78. The van der Waals surface area contributed by atoms with Gasteiger partial charge in [-0.3, -0.25) is 4.98 Å². The Labute approximate surface area is 95.6 Å². The summed E-state index contributed by atoms with van der Waals surface area (Å²) in [5.41, 5.74) is 2.23. The Balaban J connectivity index is 2.30. The SMILES string of the molecule is CCC(C#N)Cc1ccc2ncccc2c1. The van der Waals surface area contributed by atoms with Crippen LogP contribution in [0.25, 0.3) is 10.9 Å². The van der Waals surface area contributed by atoms with E-state index in [4.69, 9.17) is 5.26 Å². The summed E-state index contributed by atoms with van der Waals surface area (Å²) >= 11 is 0. The van der Waals surface area contributed by atoms with Gasteiger partial charge in [-0.25, -0.2) is 0 Å². The van der Waals surface area contributed by atoms with Crippen LogP contribution in [-0.2, 0) is 6.42 Å². The van der Waals surface area contributed by atoms with Crippen LogP contribution in [0.15, 0.2) is 36.5 Å². The van der Waals surface area contributed by atoms with Gasteiger partial charge in [-0.2, -0.15) is 5.26 Å². The second kappa shape index (κ2) is 4.76. The first-order valence-corrected chi connectivity index (χ1v) is 5.56. The van der Waals surface area contributed by atoms with Crippen LogP contribution in [0.3, 0.4) is 0 Å². The minimum absolute atomic E-state index is 0.120. The molecule has 0 aliphatic rings. The smallest absolute Gasteiger partial charge is 0.0702 e. The predicted molar refractivity (Wildman–Crippen MR) is 64.8 cm³/mol. The van der Waals surface area contributed by atoms with E-state index in [0.29, 0.717) is 0 Å². The third-order valence-electron chi connectivity index (χ3n) is 2.82. The number of rotatable bonds is 3. The first-order chi connectivity index (χ1) is 7.83. The Morgan fingerprint density at radius 1 is 1.38 bits per heavy atom. The number of fused-ring (bicyclic) bond motifs is 1. The van der Waals surface area contributed by atoms with Crippen molar-refractivity contribution in [2.24, 2.45) is 5.92 Å². The van der Waals surface area contributed by atoms with Crippen LogP contribution >= 0.6 is 0 Å². The highest BCUT2D eigenvalue weighted by Crippen LogP contribution is 2.17. The number of nitriles is 1. The molecular weight excluding hydrogens is 196 g/mol. The maximum atomic E-state index is 8.94. The van der Waals surface area contributed by atoms with E-state index in [0.717, 1.165) is 23.7 Å². The van der Waals surface area contributed by atoms with Crippen molar-refractivity contribution in [2.45, 2.75) is 19.8 Å². The summed E-state index contributed by atoms with van der Waals surface area (Å²) in [6, 6.07) is 12.5. The average molecular weight is 210 g/mol. The normalized spacial score (nSPS) is 12.2. The fourth-order valence-electron chi connectivity index (χ4n) is 1.82. The molecule has 16 heavy (non-hydrogen) atoms. The van der Waals surface area contributed by atoms with Gasteiger partial charge in [0, 0.05) is 11.6 Å². The standard InChI is InChI=1S/C14H14N2/c1-2-11(10-15)8-12-5-6-14-13(9-12)4-3-7-16-14/h3-7,9,11H,2,8H2,1H3. The van der Waals surface area contributed by atoms with Gasteiger partial charge in [0.05, 0.1) is 17.5 Å². The molecule has 1 heterocycles. The van der Waals surface area contributed by atoms with E-state index in [1.807, 2.05) is 12.1 Å². The van der Waals surface area contributed by atoms with E-state index in [1.54, 1.807) is 6.20 Å². The minimum Gasteiger partial charge on any atom is -0.256 e. The van der Waals surface area contributed by atoms with Gasteiger partial charge in [-0.1, -0.05) is 19.1 Å². The van der Waals surface area contributed by atoms with Gasteiger partial charge in [-0.05, 0) is 36.6 Å². The summed E-state index contributed by atoms with van der Waals surface area (Å²) in [5, 5.41) is 10.1. The van der Waals surface area contributed by atoms with Gasteiger partial charge in [-0.15, -0.1) is 0 Å². The molecule has 2 aromatic rings. The summed E-state index contributed by atoms with van der Waals surface area (Å²) in [7, 11) is 0. The van der Waals surface area contributed by atoms with Crippen molar-refractivity contribution in [2.75, 3.05) is 0 Å². The molecule has 0 aliphatic heterocycles. The molecule has 0 N–H and O–H groups in total. The Hall–Kier alpha value is -1.88. The topological polar surface area (TPSA) is 36.7 Å². The highest BCUT2D eigenvalue weighted by Gasteiger charge is 2.06. The fourth-order valence-corrected chi connectivity index (χ4v) is 1.82. The molecule has 0 saturated heterocycles. The van der Waals surface area contributed by atoms with Crippen LogP contribution in [0, 0.1) is 17.2 Å². The van der Waals surface area contributed by atoms with Crippen molar-refractivity contribution in [1.82, 2.24) is 4.98 Å². The molecule has 0 bridgehead atoms. The molecule has 1 atom stereocenters. The lowest BCUT2D eigenvalue weighted by molar-refractivity contribution is 0.638. The summed E-state index contributed by atoms with van der Waals surface area (Å²) in [4.78, 5) is 4.28. The zero-order valence-electron chi connectivity index (χ0n) is 9.35. The average Bonchev–Trinajstić information content (AvgIpc) is 2.35. The van der Waals surface area contributed by atoms with Crippen molar-refractivity contribution >= 4 is 10.9 Å². The molecule has 80 valence electrons. The molecule has 0 amide bonds. The van der Waals surface area contributed by atoms with Crippen LogP contribution in [0.4, 0.5) is 0 Å². The van der Waals surface area contributed by atoms with Crippen molar-refractivity contribution in [3.05, 3.63) is 42.1 Å². The zero-order valence-corrected chi connectivity index (χ0v) is 9.35. The molecule has 0 radical (unpaired) electrons. The number of pyridine rings is 1. The van der Waals surface area contributed by atoms with Gasteiger partial charge < -0.3 is 0 Å². The largest absolute Gasteiger partial charge is 0.256 e. The summed E-state index contributed by atoms with van der Waals surface area (Å²) in [6.07, 6.45) is 3.53. The molecular formula is C14H14N2. The molecule has 0 fully saturated rings. The fraction of sp³-hybridized carbons (Fsp3) is 0.286. The van der Waals surface area contributed by atoms with Crippen LogP contribution < -0.4 is 0 Å². The van der Waals surface area contributed by atoms with Gasteiger partial charge >= 0.3 is 0 Å². The van der Waals surface area contributed by atoms with E-state index in [1.165, 1.54) is 5.56 Å². The van der Waals surface area contributed by atoms with E-state index >= 15 is 0 Å². The molecule has 0 saturated carbocycles. The van der Waals surface area contributed by atoms with Crippen molar-refractivity contribution in [3.63, 3.8) is 0 Å². The lowest BCUT2D eigenvalue weighted by atomic mass is 9.97. The maximum Gasteiger partial charge on any atom is 0.0702 e. The molecule has 1 unspecified atom stereocenters. The Morgan fingerprint density at radius 2 is 2.25 bits per heavy atom. The van der Waals surface area contributed by atoms with Crippen molar-refractivity contribution in [1.29, 1.82) is 5.26 Å². The first-order valence-electron chi connectivity index (χ1n) is 5.56. The summed E-state index contributed by atoms with van der Waals surface area (Å²) in [6.45, 7) is 2.05. The Bertz CT molecular complexity index is 525. The Kier molecular flexibility index (Phi) is 3.16. The third-order valence-corrected chi connectivity index (χ3v) is 2.82. The van der Waals surface area contributed by atoms with Gasteiger partial charge in [0.25, 0.3) is 0 Å². The minimum atomic E-state index is 0.120. The van der Waals surface area contributed by atoms with Crippen LogP contribution in [0.5, 0.6) is 0 Å². The molecule has 1 aromatic carbocycles. The number of hydrogen-bond donors (Lipinski definition) is 0. The molecule has 2 heteroatoms. The quantitative estimate of drug-likeness (QED) is 0.779. The predicted octanol–water partition coefficient (Wildman–Crippen LogP) is 3.33. The lowest BCUT2D eigenvalue weighted by Gasteiger charge is -2.06. The molecule has 2 rings (SSSR count). The number of benzene rings is 1. The summed E-state index contributed by atoms with van der Waals surface area (Å²) in [5.74, 6) is 0.120. The molecule has 2 nitrogen and oxygen atoms in total. The van der Waals surface area contributed by atoms with E-state index < -0.39 is 0 Å². The third kappa shape index (κ3) is 2.20. The maximum absolute atomic E-state index is 8.94. The zero-order chi connectivity index (χ0) is 11.4. The monoisotopic (exact) mass is 210 g/mol. The number of hydrogen-bond acceptors (Lipinski definition) is 2. The molecule has 0 aliphatic carbocycles. The Morgan fingerprint density at radius 3 is 3.00 bits per heavy atom. The molecule has 0 spiro atoms. The van der Waals surface area contributed by atoms with E-state index in [2.05, 4.69) is 36.2 Å². The second-order valence-corrected chi connectivity index (χ2v) is 3.97. The van der Waals surface area contributed by atoms with Crippen LogP contribution in [0.1, 0.15) is 18.9 Å². The van der Waals surface area contributed by atoms with Gasteiger partial charge in [0.1, 0.15) is 0 Å². The van der Waals surface area contributed by atoms with Gasteiger partial charge in [0.15, 0.2) is 0 Å². The molecule has 1 aromatic heterocycles. The lowest BCUT2D eigenvalue weighted by Crippen LogP contribution is -1.99. The second-order valence-electron chi connectivity index (χ2n) is 3.97. The van der Waals surface area contributed by atoms with E-state index in [9.17, 15) is 0 Å². The summed E-state index contributed by atoms with van der Waals surface area (Å²) < 4.78 is 0. The highest BCUT2D eigenvalue weighted by atomic mass is 14.6. The van der Waals surface area contributed by atoms with Crippen LogP contribution in [0.2, 0.25) is 0 Å². The first kappa shape index (κ1) is 10.6. The number of nitrogens with zero attached hydrogens (tertiary/aromatic N) is 2. The van der Waals surface area contributed by atoms with Gasteiger partial charge in [0.2, 0.25) is 0 Å². The number of aromatic nitrogens is 1. The van der Waals surface area contributed by atoms with E-state index in [-0.39, 0.29) is 5.92 Å².